The molecule has 94 valence electrons. The maximum atomic E-state index is 11.7. The molecule has 1 aliphatic rings. The Morgan fingerprint density at radius 2 is 2.25 bits per heavy atom. The number of carbonyl (C=O) groups excluding carboxylic acids is 1. The minimum absolute atomic E-state index is 0.201. The largest absolute Gasteiger partial charge is 0.368 e. The number of primary amides is 1. The number of nitrogens with zero attached hydrogens (tertiary/aromatic N) is 1. The molecule has 4 nitrogen and oxygen atoms in total. The zero-order valence-electron chi connectivity index (χ0n) is 10.9. The third-order valence-corrected chi connectivity index (χ3v) is 3.61. The SMILES string of the molecule is CC(C)CNC1(C(N)=O)CCN(C)C(C)C1. The molecule has 0 spiro atoms. The number of hydrogen-bond acceptors (Lipinski definition) is 3. The van der Waals surface area contributed by atoms with E-state index in [1.807, 2.05) is 0 Å². The molecule has 1 saturated heterocycles. The van der Waals surface area contributed by atoms with Gasteiger partial charge in [-0.25, -0.2) is 0 Å². The van der Waals surface area contributed by atoms with Crippen LogP contribution in [0.2, 0.25) is 0 Å². The summed E-state index contributed by atoms with van der Waals surface area (Å²) in [6, 6.07) is 0.404. The molecular weight excluding hydrogens is 202 g/mol. The number of carbonyl (C=O) groups is 1. The summed E-state index contributed by atoms with van der Waals surface area (Å²) >= 11 is 0. The first-order valence-corrected chi connectivity index (χ1v) is 6.12. The fraction of sp³-hybridized carbons (Fsp3) is 0.917. The van der Waals surface area contributed by atoms with Crippen LogP contribution in [0.15, 0.2) is 0 Å². The van der Waals surface area contributed by atoms with E-state index in [2.05, 4.69) is 38.0 Å². The predicted molar refractivity (Wildman–Crippen MR) is 66.1 cm³/mol. The molecule has 1 aliphatic heterocycles. The molecule has 2 unspecified atom stereocenters. The second kappa shape index (κ2) is 5.15. The Kier molecular flexibility index (Phi) is 4.33. The second-order valence-electron chi connectivity index (χ2n) is 5.50. The van der Waals surface area contributed by atoms with Crippen LogP contribution in [-0.4, -0.2) is 42.5 Å². The summed E-state index contributed by atoms with van der Waals surface area (Å²) in [7, 11) is 2.10. The Balaban J connectivity index is 2.70. The molecule has 0 aromatic heterocycles. The molecule has 1 heterocycles. The van der Waals surface area contributed by atoms with Crippen molar-refractivity contribution in [1.29, 1.82) is 0 Å². The van der Waals surface area contributed by atoms with E-state index in [0.29, 0.717) is 12.0 Å². The van der Waals surface area contributed by atoms with Crippen molar-refractivity contribution < 1.29 is 4.79 Å². The maximum absolute atomic E-state index is 11.7. The first-order valence-electron chi connectivity index (χ1n) is 6.12. The Hall–Kier alpha value is -0.610. The fourth-order valence-corrected chi connectivity index (χ4v) is 2.22. The normalized spacial score (nSPS) is 31.9. The summed E-state index contributed by atoms with van der Waals surface area (Å²) in [5.74, 6) is 0.333. The van der Waals surface area contributed by atoms with Crippen LogP contribution in [0.5, 0.6) is 0 Å². The van der Waals surface area contributed by atoms with E-state index in [0.717, 1.165) is 25.9 Å². The monoisotopic (exact) mass is 227 g/mol. The first kappa shape index (κ1) is 13.5. The van der Waals surface area contributed by atoms with Crippen LogP contribution in [0.25, 0.3) is 0 Å². The molecule has 0 aliphatic carbocycles. The Bertz CT molecular complexity index is 255. The van der Waals surface area contributed by atoms with E-state index in [9.17, 15) is 4.79 Å². The Labute approximate surface area is 98.6 Å². The highest BCUT2D eigenvalue weighted by Crippen LogP contribution is 2.26. The molecule has 3 N–H and O–H groups in total. The smallest absolute Gasteiger partial charge is 0.237 e. The van der Waals surface area contributed by atoms with E-state index >= 15 is 0 Å². The summed E-state index contributed by atoms with van der Waals surface area (Å²) in [5, 5.41) is 3.38. The van der Waals surface area contributed by atoms with Gasteiger partial charge in [0.05, 0.1) is 0 Å². The number of amides is 1. The molecule has 0 aromatic carbocycles. The van der Waals surface area contributed by atoms with Crippen LogP contribution in [0.4, 0.5) is 0 Å². The van der Waals surface area contributed by atoms with E-state index in [-0.39, 0.29) is 5.91 Å². The van der Waals surface area contributed by atoms with Crippen LogP contribution in [0.3, 0.4) is 0 Å². The number of hydrogen-bond donors (Lipinski definition) is 2. The van der Waals surface area contributed by atoms with Gasteiger partial charge in [0, 0.05) is 12.6 Å². The average molecular weight is 227 g/mol. The van der Waals surface area contributed by atoms with Crippen molar-refractivity contribution in [2.24, 2.45) is 11.7 Å². The predicted octanol–water partition coefficient (Wildman–Crippen LogP) is 0.570. The lowest BCUT2D eigenvalue weighted by Crippen LogP contribution is -2.62. The molecule has 4 heteroatoms. The molecule has 2 atom stereocenters. The number of nitrogens with one attached hydrogen (secondary N) is 1. The zero-order valence-corrected chi connectivity index (χ0v) is 10.9. The van der Waals surface area contributed by atoms with Gasteiger partial charge in [0.1, 0.15) is 5.54 Å². The number of nitrogens with two attached hydrogens (primary N) is 1. The molecule has 0 aromatic rings. The van der Waals surface area contributed by atoms with Gasteiger partial charge < -0.3 is 16.0 Å². The van der Waals surface area contributed by atoms with Gasteiger partial charge in [-0.1, -0.05) is 13.8 Å². The molecular formula is C12H25N3O. The summed E-state index contributed by atoms with van der Waals surface area (Å²) in [5.41, 5.74) is 5.09. The third-order valence-electron chi connectivity index (χ3n) is 3.61. The van der Waals surface area contributed by atoms with Crippen LogP contribution < -0.4 is 11.1 Å². The third kappa shape index (κ3) is 2.95. The molecule has 0 radical (unpaired) electrons. The molecule has 16 heavy (non-hydrogen) atoms. The van der Waals surface area contributed by atoms with E-state index in [4.69, 9.17) is 5.73 Å². The van der Waals surface area contributed by atoms with Crippen molar-refractivity contribution in [2.75, 3.05) is 20.1 Å². The topological polar surface area (TPSA) is 58.4 Å². The minimum Gasteiger partial charge on any atom is -0.368 e. The van der Waals surface area contributed by atoms with Crippen LogP contribution in [-0.2, 0) is 4.79 Å². The lowest BCUT2D eigenvalue weighted by molar-refractivity contribution is -0.127. The Morgan fingerprint density at radius 3 is 2.69 bits per heavy atom. The molecule has 1 rings (SSSR count). The van der Waals surface area contributed by atoms with Gasteiger partial charge in [0.2, 0.25) is 5.91 Å². The first-order chi connectivity index (χ1) is 7.37. The lowest BCUT2D eigenvalue weighted by Gasteiger charge is -2.43. The quantitative estimate of drug-likeness (QED) is 0.738. The fourth-order valence-electron chi connectivity index (χ4n) is 2.22. The standard InChI is InChI=1S/C12H25N3O/c1-9(2)8-14-12(11(13)16)5-6-15(4)10(3)7-12/h9-10,14H,5-8H2,1-4H3,(H2,13,16). The van der Waals surface area contributed by atoms with Crippen LogP contribution >= 0.6 is 0 Å². The van der Waals surface area contributed by atoms with Crippen molar-refractivity contribution in [2.45, 2.75) is 45.2 Å². The zero-order chi connectivity index (χ0) is 12.3. The highest BCUT2D eigenvalue weighted by Gasteiger charge is 2.41. The van der Waals surface area contributed by atoms with Gasteiger partial charge in [0.25, 0.3) is 0 Å². The van der Waals surface area contributed by atoms with Gasteiger partial charge in [-0.05, 0) is 39.3 Å². The van der Waals surface area contributed by atoms with Gasteiger partial charge in [-0.3, -0.25) is 4.79 Å². The number of likely N-dealkylation sites (tertiary alicyclic amines) is 1. The summed E-state index contributed by atoms with van der Waals surface area (Å²) < 4.78 is 0. The summed E-state index contributed by atoms with van der Waals surface area (Å²) in [6.45, 7) is 8.20. The highest BCUT2D eigenvalue weighted by molar-refractivity contribution is 5.84. The van der Waals surface area contributed by atoms with Crippen molar-refractivity contribution in [3.8, 4) is 0 Å². The van der Waals surface area contributed by atoms with Gasteiger partial charge >= 0.3 is 0 Å². The summed E-state index contributed by atoms with van der Waals surface area (Å²) in [6.07, 6.45) is 1.63. The number of rotatable bonds is 4. The van der Waals surface area contributed by atoms with Gasteiger partial charge in [0.15, 0.2) is 0 Å². The van der Waals surface area contributed by atoms with Crippen molar-refractivity contribution in [1.82, 2.24) is 10.2 Å². The van der Waals surface area contributed by atoms with Crippen LogP contribution in [0.1, 0.15) is 33.6 Å². The molecule has 1 fully saturated rings. The maximum Gasteiger partial charge on any atom is 0.237 e. The summed E-state index contributed by atoms with van der Waals surface area (Å²) in [4.78, 5) is 14.0. The lowest BCUT2D eigenvalue weighted by atomic mass is 9.82. The van der Waals surface area contributed by atoms with Gasteiger partial charge in [-0.15, -0.1) is 0 Å². The van der Waals surface area contributed by atoms with Crippen LogP contribution in [0, 0.1) is 5.92 Å². The molecule has 1 amide bonds. The highest BCUT2D eigenvalue weighted by atomic mass is 16.1. The number of piperidine rings is 1. The van der Waals surface area contributed by atoms with Crippen molar-refractivity contribution in [3.63, 3.8) is 0 Å². The van der Waals surface area contributed by atoms with Crippen molar-refractivity contribution in [3.05, 3.63) is 0 Å². The van der Waals surface area contributed by atoms with E-state index < -0.39 is 5.54 Å². The Morgan fingerprint density at radius 1 is 1.62 bits per heavy atom. The molecule has 0 bridgehead atoms. The van der Waals surface area contributed by atoms with E-state index in [1.165, 1.54) is 0 Å². The van der Waals surface area contributed by atoms with E-state index in [1.54, 1.807) is 0 Å². The second-order valence-corrected chi connectivity index (χ2v) is 5.50. The minimum atomic E-state index is -0.490. The molecule has 0 saturated carbocycles. The average Bonchev–Trinajstić information content (AvgIpc) is 2.20. The van der Waals surface area contributed by atoms with Gasteiger partial charge in [-0.2, -0.15) is 0 Å². The van der Waals surface area contributed by atoms with Crippen molar-refractivity contribution >= 4 is 5.91 Å².